The average molecular weight is 414 g/mol. The lowest BCUT2D eigenvalue weighted by atomic mass is 9.96. The highest BCUT2D eigenvalue weighted by molar-refractivity contribution is 5.80. The maximum absolute atomic E-state index is 13.2. The lowest BCUT2D eigenvalue weighted by molar-refractivity contribution is -0.131. The second kappa shape index (κ2) is 8.08. The number of amides is 3. The van der Waals surface area contributed by atoms with E-state index >= 15 is 0 Å². The Kier molecular flexibility index (Phi) is 5.49. The van der Waals surface area contributed by atoms with Gasteiger partial charge in [-0.25, -0.2) is 9.18 Å². The Bertz CT molecular complexity index is 909. The third-order valence-electron chi connectivity index (χ3n) is 6.32. The molecule has 1 N–H and O–H groups in total. The van der Waals surface area contributed by atoms with E-state index in [1.807, 2.05) is 13.8 Å². The molecule has 1 saturated carbocycles. The number of halogens is 1. The van der Waals surface area contributed by atoms with Gasteiger partial charge in [-0.3, -0.25) is 4.79 Å². The summed E-state index contributed by atoms with van der Waals surface area (Å²) in [7, 11) is 0. The maximum Gasteiger partial charge on any atom is 0.317 e. The second-order valence-corrected chi connectivity index (χ2v) is 8.29. The van der Waals surface area contributed by atoms with Crippen LogP contribution >= 0.6 is 0 Å². The lowest BCUT2D eigenvalue weighted by Gasteiger charge is -2.35. The van der Waals surface area contributed by atoms with Crippen molar-refractivity contribution in [3.05, 3.63) is 52.7 Å². The molecular weight excluding hydrogens is 387 g/mol. The van der Waals surface area contributed by atoms with Gasteiger partial charge in [0.1, 0.15) is 11.6 Å². The second-order valence-electron chi connectivity index (χ2n) is 8.29. The number of aryl methyl sites for hydroxylation is 2. The summed E-state index contributed by atoms with van der Waals surface area (Å²) in [5.74, 6) is 0.451. The van der Waals surface area contributed by atoms with E-state index in [1.54, 1.807) is 21.9 Å². The van der Waals surface area contributed by atoms with Crippen LogP contribution in [0.15, 0.2) is 28.8 Å². The number of hydrogen-bond acceptors (Lipinski definition) is 4. The van der Waals surface area contributed by atoms with Crippen molar-refractivity contribution in [1.29, 1.82) is 0 Å². The number of rotatable bonds is 5. The number of aromatic nitrogens is 1. The number of carbonyl (C=O) groups is 2. The molecule has 1 aromatic carbocycles. The molecule has 0 spiro atoms. The maximum atomic E-state index is 13.2. The van der Waals surface area contributed by atoms with E-state index in [-0.39, 0.29) is 29.6 Å². The highest BCUT2D eigenvalue weighted by Crippen LogP contribution is 2.47. The first-order valence-corrected chi connectivity index (χ1v) is 10.4. The van der Waals surface area contributed by atoms with Crippen molar-refractivity contribution >= 4 is 11.9 Å². The number of benzene rings is 1. The van der Waals surface area contributed by atoms with E-state index in [1.165, 1.54) is 12.1 Å². The van der Waals surface area contributed by atoms with Crippen molar-refractivity contribution in [1.82, 2.24) is 20.3 Å². The number of nitrogens with one attached hydrogen (secondary N) is 1. The fourth-order valence-corrected chi connectivity index (χ4v) is 4.05. The lowest BCUT2D eigenvalue weighted by Crippen LogP contribution is -2.54. The van der Waals surface area contributed by atoms with Crippen LogP contribution in [0.1, 0.15) is 35.4 Å². The standard InChI is InChI=1S/C22H27FN4O3/c1-15-19(16(2)30-25-15)13-20(28)26-9-11-27(12-10-26)21(29)24-14-22(7-8-22)17-3-5-18(23)6-4-17/h3-6H,7-14H2,1-2H3,(H,24,29). The first-order valence-electron chi connectivity index (χ1n) is 10.4. The predicted octanol–water partition coefficient (Wildman–Crippen LogP) is 2.56. The van der Waals surface area contributed by atoms with Crippen LogP contribution in [0.2, 0.25) is 0 Å². The van der Waals surface area contributed by atoms with Crippen molar-refractivity contribution in [2.24, 2.45) is 0 Å². The van der Waals surface area contributed by atoms with Crippen molar-refractivity contribution in [2.45, 2.75) is 38.5 Å². The third kappa shape index (κ3) is 4.17. The Hall–Kier alpha value is -2.90. The van der Waals surface area contributed by atoms with E-state index in [0.29, 0.717) is 38.5 Å². The normalized spacial score (nSPS) is 17.7. The Balaban J connectivity index is 1.25. The number of urea groups is 1. The Labute approximate surface area is 175 Å². The minimum Gasteiger partial charge on any atom is -0.361 e. The topological polar surface area (TPSA) is 78.7 Å². The highest BCUT2D eigenvalue weighted by atomic mass is 19.1. The van der Waals surface area contributed by atoms with Crippen LogP contribution in [-0.4, -0.2) is 59.6 Å². The van der Waals surface area contributed by atoms with Crippen LogP contribution < -0.4 is 5.32 Å². The monoisotopic (exact) mass is 414 g/mol. The van der Waals surface area contributed by atoms with Gasteiger partial charge in [0, 0.05) is 43.7 Å². The molecule has 8 heteroatoms. The fraction of sp³-hybridized carbons (Fsp3) is 0.500. The van der Waals surface area contributed by atoms with Crippen molar-refractivity contribution < 1.29 is 18.5 Å². The minimum absolute atomic E-state index is 0.0256. The Morgan fingerprint density at radius 1 is 1.10 bits per heavy atom. The summed E-state index contributed by atoms with van der Waals surface area (Å²) >= 11 is 0. The van der Waals surface area contributed by atoms with Crippen molar-refractivity contribution in [3.8, 4) is 0 Å². The minimum atomic E-state index is -0.250. The van der Waals surface area contributed by atoms with Gasteiger partial charge in [-0.1, -0.05) is 17.3 Å². The van der Waals surface area contributed by atoms with Crippen molar-refractivity contribution in [3.63, 3.8) is 0 Å². The number of carbonyl (C=O) groups excluding carboxylic acids is 2. The van der Waals surface area contributed by atoms with Gasteiger partial charge >= 0.3 is 6.03 Å². The van der Waals surface area contributed by atoms with Gasteiger partial charge in [0.15, 0.2) is 0 Å². The third-order valence-corrected chi connectivity index (χ3v) is 6.32. The molecule has 4 rings (SSSR count). The molecular formula is C22H27FN4O3. The summed E-state index contributed by atoms with van der Waals surface area (Å²) in [6.45, 7) is 6.22. The van der Waals surface area contributed by atoms with E-state index in [9.17, 15) is 14.0 Å². The summed E-state index contributed by atoms with van der Waals surface area (Å²) < 4.78 is 18.3. The number of hydrogen-bond donors (Lipinski definition) is 1. The van der Waals surface area contributed by atoms with E-state index < -0.39 is 0 Å². The molecule has 1 aliphatic carbocycles. The number of nitrogens with zero attached hydrogens (tertiary/aromatic N) is 3. The van der Waals surface area contributed by atoms with Gasteiger partial charge in [0.05, 0.1) is 12.1 Å². The van der Waals surface area contributed by atoms with E-state index in [0.717, 1.165) is 29.7 Å². The highest BCUT2D eigenvalue weighted by Gasteiger charge is 2.44. The first-order chi connectivity index (χ1) is 14.4. The van der Waals surface area contributed by atoms with Crippen LogP contribution in [-0.2, 0) is 16.6 Å². The van der Waals surface area contributed by atoms with Gasteiger partial charge in [-0.15, -0.1) is 0 Å². The molecule has 0 unspecified atom stereocenters. The molecule has 3 amide bonds. The smallest absolute Gasteiger partial charge is 0.317 e. The average Bonchev–Trinajstić information content (AvgIpc) is 3.49. The van der Waals surface area contributed by atoms with Crippen LogP contribution in [0.5, 0.6) is 0 Å². The molecule has 1 aromatic heterocycles. The van der Waals surface area contributed by atoms with Gasteiger partial charge in [-0.2, -0.15) is 0 Å². The summed E-state index contributed by atoms with van der Waals surface area (Å²) in [4.78, 5) is 28.8. The zero-order valence-electron chi connectivity index (χ0n) is 17.4. The molecule has 2 fully saturated rings. The first kappa shape index (κ1) is 20.4. The molecule has 1 aliphatic heterocycles. The summed E-state index contributed by atoms with van der Waals surface area (Å²) in [5.41, 5.74) is 2.58. The van der Waals surface area contributed by atoms with Crippen LogP contribution in [0.25, 0.3) is 0 Å². The summed E-state index contributed by atoms with van der Waals surface area (Å²) in [5, 5.41) is 6.93. The summed E-state index contributed by atoms with van der Waals surface area (Å²) in [6.07, 6.45) is 2.25. The number of piperazine rings is 1. The van der Waals surface area contributed by atoms with Crippen LogP contribution in [0.3, 0.4) is 0 Å². The zero-order valence-corrected chi connectivity index (χ0v) is 17.4. The molecule has 7 nitrogen and oxygen atoms in total. The van der Waals surface area contributed by atoms with Gasteiger partial charge in [-0.05, 0) is 44.4 Å². The summed E-state index contributed by atoms with van der Waals surface area (Å²) in [6, 6.07) is 6.43. The predicted molar refractivity (Wildman–Crippen MR) is 109 cm³/mol. The molecule has 0 radical (unpaired) electrons. The van der Waals surface area contributed by atoms with E-state index in [4.69, 9.17) is 4.52 Å². The zero-order chi connectivity index (χ0) is 21.3. The molecule has 1 saturated heterocycles. The SMILES string of the molecule is Cc1noc(C)c1CC(=O)N1CCN(C(=O)NCC2(c3ccc(F)cc3)CC2)CC1. The largest absolute Gasteiger partial charge is 0.361 e. The van der Waals surface area contributed by atoms with Gasteiger partial charge < -0.3 is 19.6 Å². The fourth-order valence-electron chi connectivity index (χ4n) is 4.05. The molecule has 0 bridgehead atoms. The van der Waals surface area contributed by atoms with Gasteiger partial charge in [0.2, 0.25) is 5.91 Å². The molecule has 2 aromatic rings. The molecule has 2 heterocycles. The molecule has 160 valence electrons. The molecule has 0 atom stereocenters. The molecule has 30 heavy (non-hydrogen) atoms. The van der Waals surface area contributed by atoms with Crippen LogP contribution in [0, 0.1) is 19.7 Å². The quantitative estimate of drug-likeness (QED) is 0.816. The Morgan fingerprint density at radius 2 is 1.73 bits per heavy atom. The van der Waals surface area contributed by atoms with E-state index in [2.05, 4.69) is 10.5 Å². The molecule has 2 aliphatic rings. The Morgan fingerprint density at radius 3 is 2.30 bits per heavy atom. The van der Waals surface area contributed by atoms with Gasteiger partial charge in [0.25, 0.3) is 0 Å². The van der Waals surface area contributed by atoms with Crippen LogP contribution in [0.4, 0.5) is 9.18 Å². The van der Waals surface area contributed by atoms with Crippen molar-refractivity contribution in [2.75, 3.05) is 32.7 Å².